The van der Waals surface area contributed by atoms with Gasteiger partial charge >= 0.3 is 0 Å². The molecule has 1 saturated carbocycles. The lowest BCUT2D eigenvalue weighted by Gasteiger charge is -2.18. The first kappa shape index (κ1) is 18.8. The third-order valence-corrected chi connectivity index (χ3v) is 4.29. The zero-order valence-corrected chi connectivity index (χ0v) is 14.2. The van der Waals surface area contributed by atoms with Gasteiger partial charge in [-0.2, -0.15) is 0 Å². The highest BCUT2D eigenvalue weighted by atomic mass is 35.5. The summed E-state index contributed by atoms with van der Waals surface area (Å²) in [7, 11) is 0. The highest BCUT2D eigenvalue weighted by molar-refractivity contribution is 5.94. The Balaban J connectivity index is 0.00000242. The predicted octanol–water partition coefficient (Wildman–Crippen LogP) is 3.74. The Morgan fingerprint density at radius 3 is 2.45 bits per heavy atom. The zero-order valence-electron chi connectivity index (χ0n) is 13.4. The second-order valence-electron chi connectivity index (χ2n) is 5.95. The Morgan fingerprint density at radius 1 is 1.32 bits per heavy atom. The number of rotatable bonds is 6. The van der Waals surface area contributed by atoms with Crippen LogP contribution in [0.1, 0.15) is 46.0 Å². The number of halogens is 1. The summed E-state index contributed by atoms with van der Waals surface area (Å²) in [6, 6.07) is 7.08. The SMILES string of the molecule is CCC(C)C(N)C(=O)Nc1ccc(OC2CCCC2)cc1.Cl. The summed E-state index contributed by atoms with van der Waals surface area (Å²) in [4.78, 5) is 12.0. The van der Waals surface area contributed by atoms with E-state index < -0.39 is 6.04 Å². The van der Waals surface area contributed by atoms with Gasteiger partial charge in [0.2, 0.25) is 5.91 Å². The number of benzene rings is 1. The first-order valence-corrected chi connectivity index (χ1v) is 7.93. The van der Waals surface area contributed by atoms with Crippen LogP contribution in [0.15, 0.2) is 24.3 Å². The summed E-state index contributed by atoms with van der Waals surface area (Å²) >= 11 is 0. The molecule has 2 unspecified atom stereocenters. The van der Waals surface area contributed by atoms with Crippen molar-refractivity contribution < 1.29 is 9.53 Å². The van der Waals surface area contributed by atoms with Crippen LogP contribution in [0.3, 0.4) is 0 Å². The molecule has 0 spiro atoms. The van der Waals surface area contributed by atoms with Crippen LogP contribution in [-0.4, -0.2) is 18.1 Å². The first-order valence-electron chi connectivity index (χ1n) is 7.93. The molecular formula is C17H27ClN2O2. The van der Waals surface area contributed by atoms with Crippen LogP contribution in [0.25, 0.3) is 0 Å². The van der Waals surface area contributed by atoms with Gasteiger partial charge in [0.15, 0.2) is 0 Å². The minimum atomic E-state index is -0.468. The molecule has 1 aliphatic rings. The van der Waals surface area contributed by atoms with Gasteiger partial charge in [-0.05, 0) is 55.9 Å². The van der Waals surface area contributed by atoms with Crippen molar-refractivity contribution in [2.75, 3.05) is 5.32 Å². The molecule has 3 N–H and O–H groups in total. The molecule has 1 aromatic rings. The van der Waals surface area contributed by atoms with E-state index in [0.29, 0.717) is 6.10 Å². The Hall–Kier alpha value is -1.26. The van der Waals surface area contributed by atoms with Crippen molar-refractivity contribution in [1.82, 2.24) is 0 Å². The Morgan fingerprint density at radius 2 is 1.91 bits per heavy atom. The Bertz CT molecular complexity index is 458. The highest BCUT2D eigenvalue weighted by Crippen LogP contribution is 2.25. The smallest absolute Gasteiger partial charge is 0.241 e. The molecule has 1 aromatic carbocycles. The summed E-state index contributed by atoms with van der Waals surface area (Å²) in [6.45, 7) is 4.02. The van der Waals surface area contributed by atoms with Crippen LogP contribution >= 0.6 is 12.4 Å². The van der Waals surface area contributed by atoms with Crippen molar-refractivity contribution in [2.24, 2.45) is 11.7 Å². The lowest BCUT2D eigenvalue weighted by atomic mass is 9.99. The van der Waals surface area contributed by atoms with Crippen molar-refractivity contribution in [3.8, 4) is 5.75 Å². The second kappa shape index (κ2) is 9.01. The number of hydrogen-bond donors (Lipinski definition) is 2. The summed E-state index contributed by atoms with van der Waals surface area (Å²) in [6.07, 6.45) is 6.04. The van der Waals surface area contributed by atoms with Crippen LogP contribution in [0, 0.1) is 5.92 Å². The van der Waals surface area contributed by atoms with Gasteiger partial charge in [0.05, 0.1) is 12.1 Å². The minimum absolute atomic E-state index is 0. The average molecular weight is 327 g/mol. The van der Waals surface area contributed by atoms with Gasteiger partial charge in [-0.15, -0.1) is 12.4 Å². The third-order valence-electron chi connectivity index (χ3n) is 4.29. The van der Waals surface area contributed by atoms with Gasteiger partial charge in [0.25, 0.3) is 0 Å². The molecule has 0 radical (unpaired) electrons. The normalized spacial score (nSPS) is 17.4. The fourth-order valence-electron chi connectivity index (χ4n) is 2.55. The van der Waals surface area contributed by atoms with E-state index in [9.17, 15) is 4.79 Å². The van der Waals surface area contributed by atoms with E-state index in [4.69, 9.17) is 10.5 Å². The van der Waals surface area contributed by atoms with Crippen molar-refractivity contribution in [3.63, 3.8) is 0 Å². The molecule has 0 saturated heterocycles. The van der Waals surface area contributed by atoms with Crippen LogP contribution in [-0.2, 0) is 4.79 Å². The quantitative estimate of drug-likeness (QED) is 0.837. The van der Waals surface area contributed by atoms with E-state index in [1.807, 2.05) is 38.1 Å². The molecule has 0 bridgehead atoms. The van der Waals surface area contributed by atoms with E-state index in [1.54, 1.807) is 0 Å². The van der Waals surface area contributed by atoms with E-state index in [1.165, 1.54) is 12.8 Å². The van der Waals surface area contributed by atoms with E-state index in [0.717, 1.165) is 30.7 Å². The summed E-state index contributed by atoms with van der Waals surface area (Å²) in [5, 5.41) is 2.86. The van der Waals surface area contributed by atoms with Crippen LogP contribution in [0.2, 0.25) is 0 Å². The number of amides is 1. The fraction of sp³-hybridized carbons (Fsp3) is 0.588. The Labute approximate surface area is 139 Å². The van der Waals surface area contributed by atoms with Gasteiger partial charge in [0.1, 0.15) is 5.75 Å². The summed E-state index contributed by atoms with van der Waals surface area (Å²) < 4.78 is 5.90. The molecule has 0 heterocycles. The third kappa shape index (κ3) is 5.18. The Kier molecular flexibility index (Phi) is 7.69. The monoisotopic (exact) mass is 326 g/mol. The van der Waals surface area contributed by atoms with Crippen LogP contribution in [0.4, 0.5) is 5.69 Å². The van der Waals surface area contributed by atoms with Crippen molar-refractivity contribution in [1.29, 1.82) is 0 Å². The molecule has 4 nitrogen and oxygen atoms in total. The van der Waals surface area contributed by atoms with Crippen LogP contribution in [0.5, 0.6) is 5.75 Å². The molecule has 22 heavy (non-hydrogen) atoms. The molecule has 1 aliphatic carbocycles. The lowest BCUT2D eigenvalue weighted by molar-refractivity contribution is -0.118. The number of nitrogens with one attached hydrogen (secondary N) is 1. The molecule has 124 valence electrons. The maximum atomic E-state index is 12.0. The van der Waals surface area contributed by atoms with Gasteiger partial charge < -0.3 is 15.8 Å². The van der Waals surface area contributed by atoms with Gasteiger partial charge in [-0.3, -0.25) is 4.79 Å². The first-order chi connectivity index (χ1) is 10.1. The highest BCUT2D eigenvalue weighted by Gasteiger charge is 2.19. The maximum Gasteiger partial charge on any atom is 0.241 e. The topological polar surface area (TPSA) is 64.4 Å². The minimum Gasteiger partial charge on any atom is -0.490 e. The molecule has 0 aliphatic heterocycles. The van der Waals surface area contributed by atoms with E-state index in [2.05, 4.69) is 5.32 Å². The van der Waals surface area contributed by atoms with Gasteiger partial charge in [-0.25, -0.2) is 0 Å². The van der Waals surface area contributed by atoms with E-state index >= 15 is 0 Å². The summed E-state index contributed by atoms with van der Waals surface area (Å²) in [5.74, 6) is 0.912. The molecular weight excluding hydrogens is 300 g/mol. The molecule has 1 amide bonds. The maximum absolute atomic E-state index is 12.0. The zero-order chi connectivity index (χ0) is 15.2. The molecule has 0 aromatic heterocycles. The van der Waals surface area contributed by atoms with Crippen molar-refractivity contribution in [2.45, 2.75) is 58.1 Å². The number of hydrogen-bond acceptors (Lipinski definition) is 3. The lowest BCUT2D eigenvalue weighted by Crippen LogP contribution is -2.40. The molecule has 5 heteroatoms. The number of ether oxygens (including phenoxy) is 1. The molecule has 1 fully saturated rings. The number of anilines is 1. The molecule has 2 rings (SSSR count). The van der Waals surface area contributed by atoms with Gasteiger partial charge in [-0.1, -0.05) is 20.3 Å². The largest absolute Gasteiger partial charge is 0.490 e. The summed E-state index contributed by atoms with van der Waals surface area (Å²) in [5.41, 5.74) is 6.68. The van der Waals surface area contributed by atoms with E-state index in [-0.39, 0.29) is 24.2 Å². The fourth-order valence-corrected chi connectivity index (χ4v) is 2.55. The average Bonchev–Trinajstić information content (AvgIpc) is 3.00. The second-order valence-corrected chi connectivity index (χ2v) is 5.95. The predicted molar refractivity (Wildman–Crippen MR) is 92.6 cm³/mol. The van der Waals surface area contributed by atoms with Crippen molar-refractivity contribution in [3.05, 3.63) is 24.3 Å². The number of nitrogens with two attached hydrogens (primary N) is 1. The van der Waals surface area contributed by atoms with Gasteiger partial charge in [0, 0.05) is 5.69 Å². The molecule has 2 atom stereocenters. The van der Waals surface area contributed by atoms with Crippen LogP contribution < -0.4 is 15.8 Å². The standard InChI is InChI=1S/C17H26N2O2.ClH/c1-3-12(2)16(18)17(20)19-13-8-10-15(11-9-13)21-14-6-4-5-7-14;/h8-12,14,16H,3-7,18H2,1-2H3,(H,19,20);1H. The number of carbonyl (C=O) groups excluding carboxylic acids is 1. The van der Waals surface area contributed by atoms with Crippen molar-refractivity contribution >= 4 is 24.0 Å². The number of carbonyl (C=O) groups is 1.